The van der Waals surface area contributed by atoms with Crippen LogP contribution in [0.25, 0.3) is 0 Å². The number of thiol groups is 4. The molecule has 0 aromatic carbocycles. The number of carbonyl (C=O) groups excluding carboxylic acids is 4. The summed E-state index contributed by atoms with van der Waals surface area (Å²) in [6.07, 6.45) is -7.71. The van der Waals surface area contributed by atoms with Crippen molar-refractivity contribution in [3.8, 4) is 0 Å². The topological polar surface area (TPSA) is 294 Å². The molecule has 8 N–H and O–H groups in total. The molecule has 0 bridgehead atoms. The molecule has 0 unspecified atom stereocenters. The molecule has 280 valence electrons. The Labute approximate surface area is 337 Å². The van der Waals surface area contributed by atoms with Gasteiger partial charge in [-0.3, -0.25) is 40.2 Å². The number of carbonyl (C=O) groups is 4. The van der Waals surface area contributed by atoms with Gasteiger partial charge in [-0.05, 0) is 0 Å². The van der Waals surface area contributed by atoms with Crippen LogP contribution in [-0.4, -0.2) is 123 Å². The Morgan fingerprint density at radius 2 is 0.580 bits per heavy atom. The fourth-order valence-electron chi connectivity index (χ4n) is 4.50. The number of hydrogen-bond donors (Lipinski definition) is 12. The van der Waals surface area contributed by atoms with Crippen molar-refractivity contribution in [2.75, 3.05) is 75.4 Å². The van der Waals surface area contributed by atoms with Crippen molar-refractivity contribution in [2.45, 2.75) is 49.3 Å². The van der Waals surface area contributed by atoms with E-state index in [1.54, 1.807) is 0 Å². The largest absolute Gasteiger partial charge is 2.00 e. The van der Waals surface area contributed by atoms with Gasteiger partial charge >= 0.3 is 39.0 Å². The van der Waals surface area contributed by atoms with E-state index in [0.29, 0.717) is 0 Å². The van der Waals surface area contributed by atoms with Gasteiger partial charge in [-0.15, -0.1) is 0 Å². The third-order valence-electron chi connectivity index (χ3n) is 6.24. The summed E-state index contributed by atoms with van der Waals surface area (Å²) < 4.78 is 26.5. The molecule has 0 saturated carbocycles. The van der Waals surface area contributed by atoms with Gasteiger partial charge in [-0.2, -0.15) is 50.5 Å². The van der Waals surface area contributed by atoms with Crippen LogP contribution in [0.4, 0.5) is 19.2 Å². The average Bonchev–Trinajstić information content (AvgIpc) is 2.99. The predicted octanol–water partition coefficient (Wildman–Crippen LogP) is -5.95. The van der Waals surface area contributed by atoms with E-state index in [-0.39, 0.29) is 140 Å². The molecule has 0 aromatic heterocycles. The summed E-state index contributed by atoms with van der Waals surface area (Å²) in [5.74, 6) is -7.50. The van der Waals surface area contributed by atoms with Crippen LogP contribution in [0.5, 0.6) is 0 Å². The number of carboxylic acid groups (broad SMARTS) is 4. The van der Waals surface area contributed by atoms with Gasteiger partial charge in [0.15, 0.2) is 0 Å². The second-order valence-electron chi connectivity index (χ2n) is 9.88. The zero-order valence-electron chi connectivity index (χ0n) is 27.4. The quantitative estimate of drug-likeness (QED) is 0.0317. The summed E-state index contributed by atoms with van der Waals surface area (Å²) in [6, 6.07) is 0. The van der Waals surface area contributed by atoms with Gasteiger partial charge in [-0.1, -0.05) is 0 Å². The monoisotopic (exact) mass is 892 g/mol. The molecule has 1 saturated heterocycles. The van der Waals surface area contributed by atoms with Gasteiger partial charge in [0.25, 0.3) is 0 Å². The van der Waals surface area contributed by atoms with Crippen molar-refractivity contribution in [1.29, 1.82) is 0 Å². The van der Waals surface area contributed by atoms with Crippen LogP contribution in [0.15, 0.2) is 0 Å². The molecule has 26 heteroatoms. The maximum absolute atomic E-state index is 11.3. The molecule has 50 heavy (non-hydrogen) atoms. The summed E-state index contributed by atoms with van der Waals surface area (Å²) in [4.78, 5) is 45.3. The van der Waals surface area contributed by atoms with E-state index in [1.807, 2.05) is 0 Å². The molecule has 0 spiro atoms. The van der Waals surface area contributed by atoms with E-state index in [1.165, 1.54) is 0 Å². The summed E-state index contributed by atoms with van der Waals surface area (Å²) in [5.41, 5.74) is 0. The molecule has 0 atom stereocenters. The van der Waals surface area contributed by atoms with Crippen molar-refractivity contribution in [3.05, 3.63) is 0 Å². The molecular formula is C24H44N8O12S4Zn2. The zero-order chi connectivity index (χ0) is 36.1. The van der Waals surface area contributed by atoms with Crippen LogP contribution < -0.4 is 63.0 Å². The first-order valence-electron chi connectivity index (χ1n) is 14.8. The Morgan fingerprint density at radius 1 is 0.400 bits per heavy atom. The Morgan fingerprint density at radius 3 is 0.720 bits per heavy atom. The van der Waals surface area contributed by atoms with Gasteiger partial charge < -0.3 is 60.9 Å². The van der Waals surface area contributed by atoms with Crippen LogP contribution in [0, 0.1) is 0 Å². The van der Waals surface area contributed by atoms with Gasteiger partial charge in [0.05, 0.1) is 0 Å². The number of rotatable bonds is 24. The number of hydrogen-bond acceptors (Lipinski definition) is 20. The zero-order valence-corrected chi connectivity index (χ0v) is 36.9. The Bertz CT molecular complexity index is 861. The van der Waals surface area contributed by atoms with E-state index in [4.69, 9.17) is 18.9 Å². The standard InChI is InChI=1S/C24H48N8O12S4.2Zn/c33-17(34)25-5-1-21(29-9-13-45)41-22(30-10-14-46,2-6-26-18(35)36)43-24(32-12-16-48,4-8-28-20(39)40)44-23(42-21,31-11-15-47)3-7-27-19(37)38;;/h25-32,45-48H,1-16H2,(H,33,34)(H,35,36)(H,37,38)(H,39,40);;/q;2*+2/p-4. The molecule has 1 aliphatic heterocycles. The van der Waals surface area contributed by atoms with Crippen molar-refractivity contribution >= 4 is 74.9 Å². The van der Waals surface area contributed by atoms with Crippen molar-refractivity contribution in [3.63, 3.8) is 0 Å². The molecule has 0 aromatic rings. The smallest absolute Gasteiger partial charge is 0.530 e. The Hall–Kier alpha value is -0.593. The molecule has 4 amide bonds. The Balaban J connectivity index is 0. The number of nitrogens with one attached hydrogen (secondary N) is 8. The SMILES string of the molecule is O=C([O-])NCCC1(NCCS)OC(CCNC(=O)[O-])(NCCS)OC(CCNC(=O)[O-])(NCCS)OC(CCNC(=O)[O-])(NCCS)O1.[Zn+2].[Zn+2]. The fourth-order valence-corrected chi connectivity index (χ4v) is 4.95. The summed E-state index contributed by atoms with van der Waals surface area (Å²) >= 11 is 17.0. The number of amides is 4. The minimum absolute atomic E-state index is 0. The first-order chi connectivity index (χ1) is 22.7. The fraction of sp³-hybridized carbons (Fsp3) is 0.833. The first-order valence-corrected chi connectivity index (χ1v) is 17.3. The van der Waals surface area contributed by atoms with E-state index in [2.05, 4.69) is 93.0 Å². The molecular weight excluding hydrogens is 851 g/mol. The molecule has 1 rings (SSSR count). The van der Waals surface area contributed by atoms with Crippen LogP contribution in [-0.2, 0) is 57.9 Å². The molecule has 0 radical (unpaired) electrons. The third-order valence-corrected chi connectivity index (χ3v) is 7.13. The minimum Gasteiger partial charge on any atom is -0.530 e. The van der Waals surface area contributed by atoms with Crippen LogP contribution in [0.2, 0.25) is 0 Å². The maximum atomic E-state index is 11.3. The van der Waals surface area contributed by atoms with Crippen molar-refractivity contribution in [1.82, 2.24) is 42.5 Å². The summed E-state index contributed by atoms with van der Waals surface area (Å²) in [5, 5.41) is 65.9. The second kappa shape index (κ2) is 27.1. The van der Waals surface area contributed by atoms with E-state index < -0.39 is 48.0 Å². The van der Waals surface area contributed by atoms with E-state index >= 15 is 0 Å². The first kappa shape index (κ1) is 51.5. The summed E-state index contributed by atoms with van der Waals surface area (Å²) in [6.45, 7) is -1.03. The molecule has 1 aliphatic rings. The molecule has 20 nitrogen and oxygen atoms in total. The van der Waals surface area contributed by atoms with Crippen molar-refractivity contribution in [2.24, 2.45) is 0 Å². The van der Waals surface area contributed by atoms with Gasteiger partial charge in [-0.25, -0.2) is 0 Å². The molecule has 1 fully saturated rings. The van der Waals surface area contributed by atoms with Crippen LogP contribution >= 0.6 is 50.5 Å². The number of ether oxygens (including phenoxy) is 4. The van der Waals surface area contributed by atoms with E-state index in [0.717, 1.165) is 0 Å². The second-order valence-corrected chi connectivity index (χ2v) is 11.7. The van der Waals surface area contributed by atoms with Crippen molar-refractivity contribution < 1.29 is 97.5 Å². The third kappa shape index (κ3) is 20.0. The minimum atomic E-state index is -2.08. The van der Waals surface area contributed by atoms with E-state index in [9.17, 15) is 39.6 Å². The van der Waals surface area contributed by atoms with Gasteiger partial charge in [0.2, 0.25) is 23.6 Å². The van der Waals surface area contributed by atoms with Crippen LogP contribution in [0.1, 0.15) is 25.7 Å². The average molecular weight is 896 g/mol. The predicted molar refractivity (Wildman–Crippen MR) is 175 cm³/mol. The molecule has 0 aliphatic carbocycles. The van der Waals surface area contributed by atoms with Gasteiger partial charge in [0.1, 0.15) is 24.4 Å². The summed E-state index contributed by atoms with van der Waals surface area (Å²) in [7, 11) is 0. The Kier molecular flexibility index (Phi) is 27.9. The van der Waals surface area contributed by atoms with Gasteiger partial charge in [0, 0.05) is 101 Å². The maximum Gasteiger partial charge on any atom is 2.00 e. The normalized spacial score (nSPS) is 24.7. The molecule has 1 heterocycles. The van der Waals surface area contributed by atoms with Crippen LogP contribution in [0.3, 0.4) is 0 Å².